The minimum Gasteiger partial charge on any atom is -0.449 e. The maximum absolute atomic E-state index is 12.4. The molecule has 0 N–H and O–H groups in total. The Morgan fingerprint density at radius 3 is 2.00 bits per heavy atom. The van der Waals surface area contributed by atoms with E-state index in [1.165, 1.54) is 0 Å². The zero-order valence-corrected chi connectivity index (χ0v) is 14.7. The molecule has 0 saturated carbocycles. The number of ketones is 1. The van der Waals surface area contributed by atoms with Crippen molar-refractivity contribution >= 4 is 17.7 Å². The fourth-order valence-electron chi connectivity index (χ4n) is 2.99. The molecule has 1 aliphatic heterocycles. The number of esters is 1. The van der Waals surface area contributed by atoms with Gasteiger partial charge < -0.3 is 9.64 Å². The van der Waals surface area contributed by atoms with Crippen LogP contribution in [-0.2, 0) is 9.53 Å². The Balaban J connectivity index is 1.63. The minimum absolute atomic E-state index is 0.108. The molecular formula is C21H21NO4. The van der Waals surface area contributed by atoms with Crippen molar-refractivity contribution in [2.24, 2.45) is 0 Å². The molecule has 0 aromatic heterocycles. The molecule has 2 aromatic carbocycles. The summed E-state index contributed by atoms with van der Waals surface area (Å²) in [5.41, 5.74) is 1.40. The predicted octanol–water partition coefficient (Wildman–Crippen LogP) is 3.09. The number of carbonyl (C=O) groups excluding carboxylic acids is 3. The normalized spacial score (nSPS) is 14.7. The second-order valence-electron chi connectivity index (χ2n) is 6.35. The molecule has 0 unspecified atom stereocenters. The van der Waals surface area contributed by atoms with Crippen LogP contribution in [0.3, 0.4) is 0 Å². The van der Waals surface area contributed by atoms with Crippen molar-refractivity contribution in [3.63, 3.8) is 0 Å². The second kappa shape index (κ2) is 7.95. The summed E-state index contributed by atoms with van der Waals surface area (Å²) < 4.78 is 5.28. The average molecular weight is 351 g/mol. The largest absolute Gasteiger partial charge is 0.449 e. The molecule has 3 rings (SSSR count). The Labute approximate surface area is 152 Å². The molecule has 134 valence electrons. The van der Waals surface area contributed by atoms with Gasteiger partial charge in [0.05, 0.1) is 5.56 Å². The van der Waals surface area contributed by atoms with Gasteiger partial charge in [0.25, 0.3) is 5.91 Å². The number of likely N-dealkylation sites (tertiary alicyclic amines) is 1. The Hall–Kier alpha value is -2.95. The standard InChI is InChI=1S/C21H21NO4/c1-15(20(24)22-13-5-6-14-22)26-21(25)18-11-9-17(10-12-18)19(23)16-7-3-2-4-8-16/h2-4,7-12,15H,5-6,13-14H2,1H3/t15-/m1/s1. The third-order valence-corrected chi connectivity index (χ3v) is 4.47. The van der Waals surface area contributed by atoms with Crippen molar-refractivity contribution in [3.8, 4) is 0 Å². The van der Waals surface area contributed by atoms with Crippen molar-refractivity contribution in [1.82, 2.24) is 4.90 Å². The Bertz CT molecular complexity index is 793. The average Bonchev–Trinajstić information content (AvgIpc) is 3.22. The van der Waals surface area contributed by atoms with Crippen LogP contribution in [0.15, 0.2) is 54.6 Å². The summed E-state index contributed by atoms with van der Waals surface area (Å²) in [6.45, 7) is 3.03. The molecule has 0 bridgehead atoms. The number of amides is 1. The van der Waals surface area contributed by atoms with Gasteiger partial charge in [-0.2, -0.15) is 0 Å². The first kappa shape index (κ1) is 17.9. The number of carbonyl (C=O) groups is 3. The molecule has 2 aromatic rings. The lowest BCUT2D eigenvalue weighted by atomic mass is 10.0. The van der Waals surface area contributed by atoms with Gasteiger partial charge in [0, 0.05) is 24.2 Å². The highest BCUT2D eigenvalue weighted by molar-refractivity contribution is 6.09. The van der Waals surface area contributed by atoms with Crippen LogP contribution in [0.4, 0.5) is 0 Å². The van der Waals surface area contributed by atoms with Crippen LogP contribution in [0.25, 0.3) is 0 Å². The van der Waals surface area contributed by atoms with Gasteiger partial charge >= 0.3 is 5.97 Å². The highest BCUT2D eigenvalue weighted by Gasteiger charge is 2.26. The van der Waals surface area contributed by atoms with Gasteiger partial charge in [-0.05, 0) is 31.9 Å². The van der Waals surface area contributed by atoms with Crippen molar-refractivity contribution in [2.75, 3.05) is 13.1 Å². The van der Waals surface area contributed by atoms with Gasteiger partial charge in [-0.15, -0.1) is 0 Å². The molecule has 5 nitrogen and oxygen atoms in total. The molecule has 1 fully saturated rings. The van der Waals surface area contributed by atoms with E-state index in [-0.39, 0.29) is 11.7 Å². The van der Waals surface area contributed by atoms with Crippen LogP contribution in [0, 0.1) is 0 Å². The first-order chi connectivity index (χ1) is 12.6. The lowest BCUT2D eigenvalue weighted by Crippen LogP contribution is -2.38. The summed E-state index contributed by atoms with van der Waals surface area (Å²) in [6.07, 6.45) is 1.17. The summed E-state index contributed by atoms with van der Waals surface area (Å²) in [5, 5.41) is 0. The third kappa shape index (κ3) is 3.99. The summed E-state index contributed by atoms with van der Waals surface area (Å²) in [4.78, 5) is 38.6. The van der Waals surface area contributed by atoms with Crippen molar-refractivity contribution in [3.05, 3.63) is 71.3 Å². The Morgan fingerprint density at radius 1 is 0.846 bits per heavy atom. The molecule has 0 aliphatic carbocycles. The lowest BCUT2D eigenvalue weighted by Gasteiger charge is -2.20. The van der Waals surface area contributed by atoms with Crippen LogP contribution in [0.5, 0.6) is 0 Å². The van der Waals surface area contributed by atoms with Crippen LogP contribution >= 0.6 is 0 Å². The van der Waals surface area contributed by atoms with Crippen molar-refractivity contribution in [2.45, 2.75) is 25.9 Å². The van der Waals surface area contributed by atoms with Crippen molar-refractivity contribution in [1.29, 1.82) is 0 Å². The van der Waals surface area contributed by atoms with Gasteiger partial charge in [-0.1, -0.05) is 42.5 Å². The van der Waals surface area contributed by atoms with E-state index < -0.39 is 12.1 Å². The smallest absolute Gasteiger partial charge is 0.338 e. The fraction of sp³-hybridized carbons (Fsp3) is 0.286. The van der Waals surface area contributed by atoms with Crippen molar-refractivity contribution < 1.29 is 19.1 Å². The van der Waals surface area contributed by atoms with E-state index in [9.17, 15) is 14.4 Å². The fourth-order valence-corrected chi connectivity index (χ4v) is 2.99. The van der Waals surface area contributed by atoms with Gasteiger partial charge in [-0.3, -0.25) is 9.59 Å². The quantitative estimate of drug-likeness (QED) is 0.613. The van der Waals surface area contributed by atoms with Gasteiger partial charge in [-0.25, -0.2) is 4.79 Å². The number of hydrogen-bond acceptors (Lipinski definition) is 4. The van der Waals surface area contributed by atoms with E-state index in [1.807, 2.05) is 6.07 Å². The molecule has 1 aliphatic rings. The molecule has 26 heavy (non-hydrogen) atoms. The van der Waals surface area contributed by atoms with E-state index in [4.69, 9.17) is 4.74 Å². The number of benzene rings is 2. The van der Waals surface area contributed by atoms with Gasteiger partial charge in [0.1, 0.15) is 0 Å². The maximum atomic E-state index is 12.4. The third-order valence-electron chi connectivity index (χ3n) is 4.47. The Morgan fingerprint density at radius 2 is 1.38 bits per heavy atom. The summed E-state index contributed by atoms with van der Waals surface area (Å²) in [7, 11) is 0. The zero-order valence-electron chi connectivity index (χ0n) is 14.7. The van der Waals surface area contributed by atoms with E-state index in [2.05, 4.69) is 0 Å². The molecular weight excluding hydrogens is 330 g/mol. The maximum Gasteiger partial charge on any atom is 0.338 e. The highest BCUT2D eigenvalue weighted by Crippen LogP contribution is 2.14. The van der Waals surface area contributed by atoms with Crippen LogP contribution in [-0.4, -0.2) is 41.8 Å². The first-order valence-electron chi connectivity index (χ1n) is 8.76. The molecule has 1 heterocycles. The van der Waals surface area contributed by atoms with Gasteiger partial charge in [0.2, 0.25) is 0 Å². The number of hydrogen-bond donors (Lipinski definition) is 0. The van der Waals surface area contributed by atoms with Gasteiger partial charge in [0.15, 0.2) is 11.9 Å². The van der Waals surface area contributed by atoms with E-state index >= 15 is 0 Å². The van der Waals surface area contributed by atoms with E-state index in [0.717, 1.165) is 25.9 Å². The highest BCUT2D eigenvalue weighted by atomic mass is 16.5. The topological polar surface area (TPSA) is 63.7 Å². The first-order valence-corrected chi connectivity index (χ1v) is 8.76. The molecule has 1 saturated heterocycles. The predicted molar refractivity (Wildman–Crippen MR) is 97.0 cm³/mol. The van der Waals surface area contributed by atoms with E-state index in [1.54, 1.807) is 60.4 Å². The number of ether oxygens (including phenoxy) is 1. The molecule has 0 spiro atoms. The summed E-state index contributed by atoms with van der Waals surface area (Å²) in [6, 6.07) is 15.2. The summed E-state index contributed by atoms with van der Waals surface area (Å²) >= 11 is 0. The number of nitrogens with zero attached hydrogens (tertiary/aromatic N) is 1. The summed E-state index contributed by atoms with van der Waals surface area (Å²) in [5.74, 6) is -0.835. The second-order valence-corrected chi connectivity index (χ2v) is 6.35. The zero-order chi connectivity index (χ0) is 18.5. The SMILES string of the molecule is C[C@@H](OC(=O)c1ccc(C(=O)c2ccccc2)cc1)C(=O)N1CCCC1. The van der Waals surface area contributed by atoms with Crippen LogP contribution < -0.4 is 0 Å². The molecule has 5 heteroatoms. The molecule has 0 radical (unpaired) electrons. The van der Waals surface area contributed by atoms with E-state index in [0.29, 0.717) is 16.7 Å². The lowest BCUT2D eigenvalue weighted by molar-refractivity contribution is -0.138. The van der Waals surface area contributed by atoms with Crippen LogP contribution in [0.1, 0.15) is 46.0 Å². The number of rotatable bonds is 5. The van der Waals surface area contributed by atoms with Crippen LogP contribution in [0.2, 0.25) is 0 Å². The monoisotopic (exact) mass is 351 g/mol. The molecule has 1 amide bonds. The minimum atomic E-state index is -0.814. The Kier molecular flexibility index (Phi) is 5.46. The molecule has 1 atom stereocenters.